The van der Waals surface area contributed by atoms with Crippen LogP contribution >= 0.6 is 0 Å². The lowest BCUT2D eigenvalue weighted by Crippen LogP contribution is -2.23. The second-order valence-corrected chi connectivity index (χ2v) is 9.66. The summed E-state index contributed by atoms with van der Waals surface area (Å²) in [6, 6.07) is 14.0. The lowest BCUT2D eigenvalue weighted by Gasteiger charge is -2.15. The zero-order valence-corrected chi connectivity index (χ0v) is 20.4. The third-order valence-electron chi connectivity index (χ3n) is 5.28. The highest BCUT2D eigenvalue weighted by Crippen LogP contribution is 2.26. The van der Waals surface area contributed by atoms with E-state index in [0.717, 1.165) is 5.56 Å². The van der Waals surface area contributed by atoms with Crippen molar-refractivity contribution in [2.75, 3.05) is 11.3 Å². The number of carboxylic acid groups (broad SMARTS) is 1. The zero-order chi connectivity index (χ0) is 26.5. The third kappa shape index (κ3) is 6.02. The minimum atomic E-state index is -4.14. The Bertz CT molecular complexity index is 1450. The topological polar surface area (TPSA) is 147 Å². The van der Waals surface area contributed by atoms with E-state index < -0.39 is 27.7 Å². The summed E-state index contributed by atoms with van der Waals surface area (Å²) in [7, 11) is -4.14. The number of amides is 1. The van der Waals surface area contributed by atoms with Gasteiger partial charge in [-0.25, -0.2) is 8.42 Å². The van der Waals surface area contributed by atoms with Gasteiger partial charge in [0.05, 0.1) is 17.0 Å². The van der Waals surface area contributed by atoms with Crippen LogP contribution in [0, 0.1) is 6.92 Å². The van der Waals surface area contributed by atoms with Gasteiger partial charge >= 0.3 is 5.97 Å². The summed E-state index contributed by atoms with van der Waals surface area (Å²) in [5.41, 5.74) is 0.895. The van der Waals surface area contributed by atoms with Crippen molar-refractivity contribution in [3.63, 3.8) is 0 Å². The van der Waals surface area contributed by atoms with Crippen LogP contribution in [0.25, 0.3) is 0 Å². The van der Waals surface area contributed by atoms with Crippen LogP contribution in [0.15, 0.2) is 65.6 Å². The largest absolute Gasteiger partial charge is 0.481 e. The molecule has 3 aromatic carbocycles. The van der Waals surface area contributed by atoms with Crippen LogP contribution in [0.2, 0.25) is 0 Å². The molecule has 1 amide bonds. The number of hydrogen-bond donors (Lipinski definition) is 3. The quantitative estimate of drug-likeness (QED) is 0.281. The molecule has 36 heavy (non-hydrogen) atoms. The molecule has 0 heterocycles. The molecule has 3 aromatic rings. The van der Waals surface area contributed by atoms with Crippen LogP contribution < -0.4 is 10.0 Å². The highest BCUT2D eigenvalue weighted by molar-refractivity contribution is 7.92. The maximum Gasteiger partial charge on any atom is 0.307 e. The first-order valence-electron chi connectivity index (χ1n) is 10.9. The van der Waals surface area contributed by atoms with E-state index in [0.29, 0.717) is 12.8 Å². The predicted molar refractivity (Wildman–Crippen MR) is 133 cm³/mol. The number of hydrogen-bond acceptors (Lipinski definition) is 6. The molecular formula is C26H24N2O7S. The summed E-state index contributed by atoms with van der Waals surface area (Å²) in [4.78, 5) is 48.6. The Morgan fingerprint density at radius 1 is 0.944 bits per heavy atom. The number of aliphatic carboxylic acids is 1. The highest BCUT2D eigenvalue weighted by atomic mass is 32.2. The lowest BCUT2D eigenvalue weighted by molar-refractivity contribution is -0.136. The van der Waals surface area contributed by atoms with Crippen molar-refractivity contribution in [2.45, 2.75) is 25.2 Å². The molecule has 0 aliphatic rings. The lowest BCUT2D eigenvalue weighted by atomic mass is 9.94. The summed E-state index contributed by atoms with van der Waals surface area (Å²) in [5.74, 6) is -2.30. The Hall–Kier alpha value is -4.31. The van der Waals surface area contributed by atoms with Gasteiger partial charge in [-0.05, 0) is 55.8 Å². The Morgan fingerprint density at radius 2 is 1.64 bits per heavy atom. The van der Waals surface area contributed by atoms with Crippen LogP contribution in [-0.4, -0.2) is 44.0 Å². The van der Waals surface area contributed by atoms with E-state index in [-0.39, 0.29) is 44.8 Å². The molecule has 186 valence electrons. The first-order chi connectivity index (χ1) is 17.1. The van der Waals surface area contributed by atoms with E-state index in [9.17, 15) is 27.6 Å². The first-order valence-corrected chi connectivity index (χ1v) is 12.4. The number of anilines is 1. The summed E-state index contributed by atoms with van der Waals surface area (Å²) >= 11 is 0. The number of sulfonamides is 1. The van der Waals surface area contributed by atoms with Crippen LogP contribution in [-0.2, 0) is 21.2 Å². The second kappa shape index (κ2) is 11.0. The van der Waals surface area contributed by atoms with Gasteiger partial charge in [0.25, 0.3) is 15.9 Å². The van der Waals surface area contributed by atoms with Crippen molar-refractivity contribution in [1.29, 1.82) is 0 Å². The standard InChI is InChI=1S/C26H24N2O7S/c1-3-27-26(33)18-8-11-21(23(14-18)28-36(34,35)20-9-4-16(2)5-10-20)25(32)22-12-17(13-24(30)31)6-7-19(22)15-29/h4-12,14-15,28H,3,13H2,1-2H3,(H,27,33)(H,30,31). The minimum absolute atomic E-state index is 0.00860. The average molecular weight is 509 g/mol. The first kappa shape index (κ1) is 26.3. The van der Waals surface area contributed by atoms with Gasteiger partial charge in [-0.3, -0.25) is 23.9 Å². The van der Waals surface area contributed by atoms with E-state index >= 15 is 0 Å². The SMILES string of the molecule is CCNC(=O)c1ccc(C(=O)c2cc(CC(=O)O)ccc2C=O)c(NS(=O)(=O)c2ccc(C)cc2)c1. The average Bonchev–Trinajstić information content (AvgIpc) is 2.83. The molecule has 9 nitrogen and oxygen atoms in total. The van der Waals surface area contributed by atoms with Gasteiger partial charge in [-0.15, -0.1) is 0 Å². The zero-order valence-electron chi connectivity index (χ0n) is 19.6. The number of carbonyl (C=O) groups is 4. The maximum absolute atomic E-state index is 13.5. The Labute approximate surface area is 208 Å². The summed E-state index contributed by atoms with van der Waals surface area (Å²) in [6.07, 6.45) is 0.0828. The van der Waals surface area contributed by atoms with E-state index in [1.165, 1.54) is 48.5 Å². The van der Waals surface area contributed by atoms with E-state index in [4.69, 9.17) is 5.11 Å². The van der Waals surface area contributed by atoms with Crippen LogP contribution in [0.4, 0.5) is 5.69 Å². The molecule has 0 aliphatic heterocycles. The Morgan fingerprint density at radius 3 is 2.25 bits per heavy atom. The Kier molecular flexibility index (Phi) is 8.00. The van der Waals surface area contributed by atoms with Crippen molar-refractivity contribution < 1.29 is 32.7 Å². The molecule has 0 bridgehead atoms. The molecule has 10 heteroatoms. The van der Waals surface area contributed by atoms with Gasteiger partial charge in [0.15, 0.2) is 12.1 Å². The molecule has 0 aliphatic carbocycles. The third-order valence-corrected chi connectivity index (χ3v) is 6.67. The number of ketones is 1. The van der Waals surface area contributed by atoms with Crippen molar-refractivity contribution in [3.05, 3.63) is 94.0 Å². The number of nitrogens with one attached hydrogen (secondary N) is 2. The molecular weight excluding hydrogens is 484 g/mol. The molecule has 3 N–H and O–H groups in total. The molecule has 0 spiro atoms. The summed E-state index contributed by atoms with van der Waals surface area (Å²) in [6.45, 7) is 3.87. The van der Waals surface area contributed by atoms with Gasteiger partial charge < -0.3 is 10.4 Å². The molecule has 0 saturated heterocycles. The number of rotatable bonds is 10. The summed E-state index contributed by atoms with van der Waals surface area (Å²) < 4.78 is 28.6. The van der Waals surface area contributed by atoms with Gasteiger partial charge in [0.2, 0.25) is 0 Å². The van der Waals surface area contributed by atoms with Gasteiger partial charge in [-0.2, -0.15) is 0 Å². The monoisotopic (exact) mass is 508 g/mol. The molecule has 0 radical (unpaired) electrons. The fourth-order valence-corrected chi connectivity index (χ4v) is 4.55. The van der Waals surface area contributed by atoms with Crippen molar-refractivity contribution in [2.24, 2.45) is 0 Å². The smallest absolute Gasteiger partial charge is 0.307 e. The highest BCUT2D eigenvalue weighted by Gasteiger charge is 2.23. The van der Waals surface area contributed by atoms with Crippen molar-refractivity contribution >= 4 is 39.7 Å². The minimum Gasteiger partial charge on any atom is -0.481 e. The Balaban J connectivity index is 2.14. The fraction of sp³-hybridized carbons (Fsp3) is 0.154. The number of carboxylic acids is 1. The molecule has 0 atom stereocenters. The number of benzene rings is 3. The molecule has 0 fully saturated rings. The van der Waals surface area contributed by atoms with E-state index in [1.54, 1.807) is 26.0 Å². The van der Waals surface area contributed by atoms with Crippen LogP contribution in [0.5, 0.6) is 0 Å². The normalized spacial score (nSPS) is 10.9. The predicted octanol–water partition coefficient (Wildman–Crippen LogP) is 3.22. The van der Waals surface area contributed by atoms with Crippen LogP contribution in [0.3, 0.4) is 0 Å². The molecule has 0 unspecified atom stereocenters. The number of aryl methyl sites for hydroxylation is 1. The fourth-order valence-electron chi connectivity index (χ4n) is 3.48. The van der Waals surface area contributed by atoms with E-state index in [2.05, 4.69) is 10.0 Å². The van der Waals surface area contributed by atoms with Crippen LogP contribution in [0.1, 0.15) is 54.7 Å². The second-order valence-electron chi connectivity index (χ2n) is 7.98. The number of aldehydes is 1. The van der Waals surface area contributed by atoms with Gasteiger partial charge in [-0.1, -0.05) is 29.8 Å². The maximum atomic E-state index is 13.5. The number of carbonyl (C=O) groups excluding carboxylic acids is 3. The summed E-state index contributed by atoms with van der Waals surface area (Å²) in [5, 5.41) is 11.7. The molecule has 0 aromatic heterocycles. The van der Waals surface area contributed by atoms with Gasteiger partial charge in [0, 0.05) is 28.8 Å². The molecule has 3 rings (SSSR count). The molecule has 0 saturated carbocycles. The van der Waals surface area contributed by atoms with E-state index in [1.807, 2.05) is 0 Å². The van der Waals surface area contributed by atoms with Gasteiger partial charge in [0.1, 0.15) is 0 Å². The van der Waals surface area contributed by atoms with Crippen molar-refractivity contribution in [1.82, 2.24) is 5.32 Å². The van der Waals surface area contributed by atoms with Crippen molar-refractivity contribution in [3.8, 4) is 0 Å².